The first kappa shape index (κ1) is 14.3. The van der Waals surface area contributed by atoms with Crippen LogP contribution in [0.2, 0.25) is 0 Å². The van der Waals surface area contributed by atoms with Crippen molar-refractivity contribution in [3.8, 4) is 0 Å². The lowest BCUT2D eigenvalue weighted by Crippen LogP contribution is -2.36. The largest absolute Gasteiger partial charge is 0.395 e. The van der Waals surface area contributed by atoms with Crippen LogP contribution in [0.5, 0.6) is 0 Å². The number of aliphatic hydroxyl groups excluding tert-OH is 1. The molecule has 0 amide bonds. The van der Waals surface area contributed by atoms with Crippen molar-refractivity contribution >= 4 is 23.1 Å². The first-order valence-electron chi connectivity index (χ1n) is 6.56. The Labute approximate surface area is 117 Å². The van der Waals surface area contributed by atoms with Gasteiger partial charge < -0.3 is 10.4 Å². The summed E-state index contributed by atoms with van der Waals surface area (Å²) in [5, 5.41) is 14.3. The molecule has 0 bridgehead atoms. The second-order valence-corrected chi connectivity index (χ2v) is 7.14. The quantitative estimate of drug-likeness (QED) is 0.809. The highest BCUT2D eigenvalue weighted by Gasteiger charge is 2.22. The van der Waals surface area contributed by atoms with Crippen LogP contribution in [0.25, 0.3) is 0 Å². The maximum atomic E-state index is 9.24. The van der Waals surface area contributed by atoms with E-state index in [9.17, 15) is 5.11 Å². The van der Waals surface area contributed by atoms with Crippen LogP contribution < -0.4 is 5.32 Å². The van der Waals surface area contributed by atoms with Crippen LogP contribution in [0.15, 0.2) is 6.20 Å². The van der Waals surface area contributed by atoms with Gasteiger partial charge in [0.1, 0.15) is 0 Å². The number of aliphatic hydroxyl groups is 1. The number of nitrogens with one attached hydrogen (secondary N) is 1. The van der Waals surface area contributed by atoms with Gasteiger partial charge in [0.25, 0.3) is 0 Å². The first-order valence-corrected chi connectivity index (χ1v) is 8.66. The van der Waals surface area contributed by atoms with E-state index in [0.29, 0.717) is 6.04 Å². The smallest absolute Gasteiger partial charge is 0.0959 e. The van der Waals surface area contributed by atoms with Gasteiger partial charge in [-0.15, -0.1) is 11.3 Å². The minimum atomic E-state index is 0.228. The average molecular weight is 286 g/mol. The van der Waals surface area contributed by atoms with Gasteiger partial charge in [-0.3, -0.25) is 0 Å². The van der Waals surface area contributed by atoms with E-state index in [-0.39, 0.29) is 11.9 Å². The van der Waals surface area contributed by atoms with Crippen molar-refractivity contribution in [2.75, 3.05) is 12.9 Å². The van der Waals surface area contributed by atoms with Crippen molar-refractivity contribution in [2.45, 2.75) is 49.9 Å². The van der Waals surface area contributed by atoms with Crippen LogP contribution in [0.4, 0.5) is 0 Å². The molecule has 0 aliphatic heterocycles. The third-order valence-corrected chi connectivity index (χ3v) is 5.99. The SMILES string of the molecule is CSC(CO)C(C)NCc1cnc(C2CCC2)s1. The molecule has 2 rings (SSSR count). The molecule has 1 aliphatic carbocycles. The van der Waals surface area contributed by atoms with Crippen LogP contribution in [0.3, 0.4) is 0 Å². The van der Waals surface area contributed by atoms with Crippen molar-refractivity contribution < 1.29 is 5.11 Å². The first-order chi connectivity index (χ1) is 8.74. The lowest BCUT2D eigenvalue weighted by atomic mass is 9.86. The highest BCUT2D eigenvalue weighted by Crippen LogP contribution is 2.38. The Morgan fingerprint density at radius 1 is 1.61 bits per heavy atom. The summed E-state index contributed by atoms with van der Waals surface area (Å²) < 4.78 is 0. The molecular weight excluding hydrogens is 264 g/mol. The molecule has 2 N–H and O–H groups in total. The van der Waals surface area contributed by atoms with Gasteiger partial charge in [0.2, 0.25) is 0 Å². The molecule has 102 valence electrons. The molecule has 1 saturated carbocycles. The molecule has 5 heteroatoms. The van der Waals surface area contributed by atoms with Gasteiger partial charge >= 0.3 is 0 Å². The molecule has 3 nitrogen and oxygen atoms in total. The molecule has 0 aromatic carbocycles. The standard InChI is InChI=1S/C13H22N2OS2/c1-9(12(8-16)17-2)14-6-11-7-15-13(18-11)10-4-3-5-10/h7,9-10,12,14,16H,3-6,8H2,1-2H3. The van der Waals surface area contributed by atoms with Crippen LogP contribution in [0.1, 0.15) is 42.0 Å². The third kappa shape index (κ3) is 3.47. The van der Waals surface area contributed by atoms with Gasteiger partial charge in [0, 0.05) is 34.8 Å². The average Bonchev–Trinajstić information content (AvgIpc) is 2.74. The van der Waals surface area contributed by atoms with Gasteiger partial charge in [-0.1, -0.05) is 6.42 Å². The van der Waals surface area contributed by atoms with Crippen molar-refractivity contribution in [1.82, 2.24) is 10.3 Å². The maximum absolute atomic E-state index is 9.24. The summed E-state index contributed by atoms with van der Waals surface area (Å²) in [6.45, 7) is 3.22. The Morgan fingerprint density at radius 3 is 2.94 bits per heavy atom. The lowest BCUT2D eigenvalue weighted by molar-refractivity contribution is 0.276. The third-order valence-electron chi connectivity index (χ3n) is 3.66. The number of aromatic nitrogens is 1. The minimum absolute atomic E-state index is 0.228. The zero-order valence-corrected chi connectivity index (χ0v) is 12.7. The van der Waals surface area contributed by atoms with E-state index in [1.54, 1.807) is 11.8 Å². The van der Waals surface area contributed by atoms with Crippen molar-refractivity contribution in [1.29, 1.82) is 0 Å². The summed E-state index contributed by atoms with van der Waals surface area (Å²) >= 11 is 3.55. The number of thioether (sulfide) groups is 1. The molecule has 1 heterocycles. The Kier molecular flexibility index (Phi) is 5.48. The number of thiazole rings is 1. The van der Waals surface area contributed by atoms with E-state index >= 15 is 0 Å². The fourth-order valence-electron chi connectivity index (χ4n) is 2.08. The zero-order valence-electron chi connectivity index (χ0n) is 11.1. The van der Waals surface area contributed by atoms with Crippen molar-refractivity contribution in [2.24, 2.45) is 0 Å². The van der Waals surface area contributed by atoms with Gasteiger partial charge in [0.05, 0.1) is 11.6 Å². The number of nitrogens with zero attached hydrogens (tertiary/aromatic N) is 1. The van der Waals surface area contributed by atoms with E-state index in [0.717, 1.165) is 12.5 Å². The van der Waals surface area contributed by atoms with Gasteiger partial charge in [-0.2, -0.15) is 11.8 Å². The molecule has 0 radical (unpaired) electrons. The number of rotatable bonds is 7. The molecule has 1 aliphatic rings. The molecule has 0 spiro atoms. The summed E-state index contributed by atoms with van der Waals surface area (Å²) in [7, 11) is 0. The summed E-state index contributed by atoms with van der Waals surface area (Å²) in [6.07, 6.45) is 8.04. The summed E-state index contributed by atoms with van der Waals surface area (Å²) in [4.78, 5) is 5.83. The van der Waals surface area contributed by atoms with Gasteiger partial charge in [-0.25, -0.2) is 4.98 Å². The van der Waals surface area contributed by atoms with Crippen LogP contribution in [-0.2, 0) is 6.54 Å². The van der Waals surface area contributed by atoms with E-state index in [1.807, 2.05) is 23.8 Å². The van der Waals surface area contributed by atoms with E-state index < -0.39 is 0 Å². The zero-order chi connectivity index (χ0) is 13.0. The highest BCUT2D eigenvalue weighted by atomic mass is 32.2. The monoisotopic (exact) mass is 286 g/mol. The fraction of sp³-hybridized carbons (Fsp3) is 0.769. The predicted octanol–water partition coefficient (Wildman–Crippen LogP) is 2.61. The fourth-order valence-corrected chi connectivity index (χ4v) is 3.77. The van der Waals surface area contributed by atoms with Crippen LogP contribution >= 0.6 is 23.1 Å². The molecule has 2 atom stereocenters. The maximum Gasteiger partial charge on any atom is 0.0959 e. The Balaban J connectivity index is 1.80. The Hall–Kier alpha value is -0.100. The normalized spacial score (nSPS) is 19.5. The molecule has 1 aromatic heterocycles. The molecular formula is C13H22N2OS2. The van der Waals surface area contributed by atoms with E-state index in [1.165, 1.54) is 29.1 Å². The summed E-state index contributed by atoms with van der Waals surface area (Å²) in [5.41, 5.74) is 0. The molecule has 2 unspecified atom stereocenters. The number of hydrogen-bond acceptors (Lipinski definition) is 5. The van der Waals surface area contributed by atoms with E-state index in [4.69, 9.17) is 0 Å². The van der Waals surface area contributed by atoms with Crippen molar-refractivity contribution in [3.63, 3.8) is 0 Å². The topological polar surface area (TPSA) is 45.1 Å². The molecule has 0 saturated heterocycles. The highest BCUT2D eigenvalue weighted by molar-refractivity contribution is 7.99. The minimum Gasteiger partial charge on any atom is -0.395 e. The second-order valence-electron chi connectivity index (χ2n) is 4.92. The van der Waals surface area contributed by atoms with Crippen LogP contribution in [0, 0.1) is 0 Å². The predicted molar refractivity (Wildman–Crippen MR) is 79.4 cm³/mol. The summed E-state index contributed by atoms with van der Waals surface area (Å²) in [5.74, 6) is 0.734. The Morgan fingerprint density at radius 2 is 2.39 bits per heavy atom. The molecule has 1 fully saturated rings. The summed E-state index contributed by atoms with van der Waals surface area (Å²) in [6, 6.07) is 0.319. The van der Waals surface area contributed by atoms with E-state index in [2.05, 4.69) is 17.2 Å². The Bertz CT molecular complexity index is 362. The number of hydrogen-bond donors (Lipinski definition) is 2. The van der Waals surface area contributed by atoms with Crippen molar-refractivity contribution in [3.05, 3.63) is 16.1 Å². The lowest BCUT2D eigenvalue weighted by Gasteiger charge is -2.22. The molecule has 18 heavy (non-hydrogen) atoms. The molecule has 1 aromatic rings. The van der Waals surface area contributed by atoms with Gasteiger partial charge in [-0.05, 0) is 26.0 Å². The van der Waals surface area contributed by atoms with Gasteiger partial charge in [0.15, 0.2) is 0 Å². The van der Waals surface area contributed by atoms with Crippen LogP contribution in [-0.4, -0.2) is 34.2 Å². The second kappa shape index (κ2) is 6.89.